The number of para-hydroxylation sites is 1. The van der Waals surface area contributed by atoms with E-state index in [9.17, 15) is 9.59 Å². The molecule has 1 fully saturated rings. The predicted molar refractivity (Wildman–Crippen MR) is 113 cm³/mol. The number of ether oxygens (including phenoxy) is 1. The summed E-state index contributed by atoms with van der Waals surface area (Å²) < 4.78 is 5.20. The molecular weight excluding hydrogens is 392 g/mol. The third-order valence-corrected chi connectivity index (χ3v) is 5.87. The zero-order valence-electron chi connectivity index (χ0n) is 16.3. The van der Waals surface area contributed by atoms with Gasteiger partial charge < -0.3 is 25.6 Å². The minimum Gasteiger partial charge on any atom is -0.497 e. The van der Waals surface area contributed by atoms with Gasteiger partial charge in [-0.2, -0.15) is 0 Å². The van der Waals surface area contributed by atoms with Crippen LogP contribution in [-0.4, -0.2) is 42.7 Å². The number of rotatable bonds is 2. The molecule has 2 aliphatic rings. The summed E-state index contributed by atoms with van der Waals surface area (Å²) in [6.07, 6.45) is 1.16. The van der Waals surface area contributed by atoms with Crippen LogP contribution in [0.25, 0.3) is 0 Å². The fraction of sp³-hybridized carbons (Fsp3) is 0.333. The number of benzene rings is 2. The Morgan fingerprint density at radius 2 is 1.97 bits per heavy atom. The molecule has 0 atom stereocenters. The molecule has 3 N–H and O–H groups in total. The number of fused-ring (bicyclic) bond motifs is 1. The fourth-order valence-electron chi connectivity index (χ4n) is 3.83. The highest BCUT2D eigenvalue weighted by Crippen LogP contribution is 2.35. The lowest BCUT2D eigenvalue weighted by molar-refractivity contribution is 0.0852. The Morgan fingerprint density at radius 1 is 1.21 bits per heavy atom. The van der Waals surface area contributed by atoms with Gasteiger partial charge in [0, 0.05) is 31.6 Å². The van der Waals surface area contributed by atoms with Crippen molar-refractivity contribution in [3.05, 3.63) is 52.5 Å². The van der Waals surface area contributed by atoms with Gasteiger partial charge >= 0.3 is 6.03 Å². The number of halogens is 1. The van der Waals surface area contributed by atoms with Crippen LogP contribution >= 0.6 is 11.6 Å². The van der Waals surface area contributed by atoms with Gasteiger partial charge in [-0.05, 0) is 42.8 Å². The summed E-state index contributed by atoms with van der Waals surface area (Å²) in [4.78, 5) is 27.0. The van der Waals surface area contributed by atoms with Crippen molar-refractivity contribution in [2.45, 2.75) is 25.4 Å². The highest BCUT2D eigenvalue weighted by molar-refractivity contribution is 6.34. The van der Waals surface area contributed by atoms with Gasteiger partial charge in [-0.1, -0.05) is 17.7 Å². The summed E-state index contributed by atoms with van der Waals surface area (Å²) in [5.41, 5.74) is 2.28. The van der Waals surface area contributed by atoms with Gasteiger partial charge in [0.1, 0.15) is 11.4 Å². The molecule has 0 radical (unpaired) electrons. The van der Waals surface area contributed by atoms with Crippen molar-refractivity contribution in [3.8, 4) is 5.75 Å². The Bertz CT molecular complexity index is 970. The number of hydrogen-bond donors (Lipinski definition) is 3. The first-order chi connectivity index (χ1) is 13.9. The summed E-state index contributed by atoms with van der Waals surface area (Å²) in [5.74, 6) is 0.603. The number of carbonyl (C=O) groups excluding carboxylic acids is 2. The second-order valence-electron chi connectivity index (χ2n) is 7.42. The minimum atomic E-state index is -0.595. The molecular formula is C21H23ClN4O3. The van der Waals surface area contributed by atoms with Gasteiger partial charge in [0.15, 0.2) is 0 Å². The van der Waals surface area contributed by atoms with Crippen LogP contribution in [0.5, 0.6) is 5.75 Å². The largest absolute Gasteiger partial charge is 0.497 e. The van der Waals surface area contributed by atoms with E-state index in [2.05, 4.69) is 16.0 Å². The van der Waals surface area contributed by atoms with Crippen molar-refractivity contribution in [3.63, 3.8) is 0 Å². The summed E-state index contributed by atoms with van der Waals surface area (Å²) >= 11 is 6.29. The first kappa shape index (κ1) is 19.4. The Morgan fingerprint density at radius 3 is 2.66 bits per heavy atom. The predicted octanol–water partition coefficient (Wildman–Crippen LogP) is 3.84. The maximum absolute atomic E-state index is 12.7. The van der Waals surface area contributed by atoms with Gasteiger partial charge in [-0.15, -0.1) is 0 Å². The van der Waals surface area contributed by atoms with Crippen LogP contribution in [0.15, 0.2) is 36.4 Å². The van der Waals surface area contributed by atoms with Crippen molar-refractivity contribution >= 4 is 34.9 Å². The molecule has 4 rings (SSSR count). The lowest BCUT2D eigenvalue weighted by Crippen LogP contribution is -2.63. The smallest absolute Gasteiger partial charge is 0.321 e. The Balaban J connectivity index is 1.42. The van der Waals surface area contributed by atoms with Gasteiger partial charge in [-0.25, -0.2) is 4.79 Å². The van der Waals surface area contributed by atoms with Gasteiger partial charge in [0.05, 0.1) is 23.4 Å². The molecule has 0 aliphatic carbocycles. The Labute approximate surface area is 174 Å². The zero-order chi connectivity index (χ0) is 20.6. The van der Waals surface area contributed by atoms with Crippen molar-refractivity contribution in [2.75, 3.05) is 30.8 Å². The van der Waals surface area contributed by atoms with E-state index in [0.29, 0.717) is 42.2 Å². The molecule has 2 aromatic rings. The quantitative estimate of drug-likeness (QED) is 0.697. The topological polar surface area (TPSA) is 82.7 Å². The molecule has 7 nitrogen and oxygen atoms in total. The molecule has 0 bridgehead atoms. The van der Waals surface area contributed by atoms with Crippen molar-refractivity contribution in [2.24, 2.45) is 0 Å². The van der Waals surface area contributed by atoms with Crippen LogP contribution in [0.4, 0.5) is 16.2 Å². The molecule has 29 heavy (non-hydrogen) atoms. The zero-order valence-corrected chi connectivity index (χ0v) is 17.1. The first-order valence-corrected chi connectivity index (χ1v) is 9.88. The number of urea groups is 1. The number of piperidine rings is 1. The molecule has 0 saturated carbocycles. The number of carbonyl (C=O) groups is 2. The molecule has 152 valence electrons. The molecule has 0 aromatic heterocycles. The highest BCUT2D eigenvalue weighted by Gasteiger charge is 2.41. The van der Waals surface area contributed by atoms with E-state index < -0.39 is 5.66 Å². The van der Waals surface area contributed by atoms with E-state index in [1.54, 1.807) is 30.2 Å². The molecule has 1 spiro atoms. The number of likely N-dealkylation sites (tertiary alicyclic amines) is 1. The number of nitrogens with zero attached hydrogens (tertiary/aromatic N) is 1. The number of amides is 3. The van der Waals surface area contributed by atoms with Crippen LogP contribution in [0, 0.1) is 6.92 Å². The average molecular weight is 415 g/mol. The summed E-state index contributed by atoms with van der Waals surface area (Å²) in [7, 11) is 1.61. The van der Waals surface area contributed by atoms with Crippen molar-refractivity contribution in [1.29, 1.82) is 0 Å². The number of hydrogen-bond acceptors (Lipinski definition) is 4. The maximum Gasteiger partial charge on any atom is 0.321 e. The molecule has 1 saturated heterocycles. The summed E-state index contributed by atoms with van der Waals surface area (Å²) in [6.45, 7) is 2.94. The molecule has 8 heteroatoms. The van der Waals surface area contributed by atoms with Crippen LogP contribution in [0.1, 0.15) is 28.8 Å². The van der Waals surface area contributed by atoms with E-state index in [-0.39, 0.29) is 11.9 Å². The van der Waals surface area contributed by atoms with Gasteiger partial charge in [0.2, 0.25) is 0 Å². The molecule has 3 amide bonds. The Kier molecular flexibility index (Phi) is 5.00. The van der Waals surface area contributed by atoms with E-state index in [1.807, 2.05) is 25.1 Å². The third-order valence-electron chi connectivity index (χ3n) is 5.55. The number of methoxy groups -OCH3 is 1. The lowest BCUT2D eigenvalue weighted by atomic mass is 9.92. The fourth-order valence-corrected chi connectivity index (χ4v) is 4.06. The van der Waals surface area contributed by atoms with E-state index in [4.69, 9.17) is 16.3 Å². The summed E-state index contributed by atoms with van der Waals surface area (Å²) in [6, 6.07) is 10.6. The van der Waals surface area contributed by atoms with Gasteiger partial charge in [-0.3, -0.25) is 4.79 Å². The maximum atomic E-state index is 12.7. The lowest BCUT2D eigenvalue weighted by Gasteiger charge is -2.46. The normalized spacial score (nSPS) is 17.2. The second-order valence-corrected chi connectivity index (χ2v) is 7.83. The molecule has 2 aromatic carbocycles. The SMILES string of the molecule is COc1ccc(NC(=O)N2CCC3(CC2)NC(=O)c2cccc(Cl)c2N3)c(C)c1. The van der Waals surface area contributed by atoms with Crippen LogP contribution < -0.4 is 20.7 Å². The third kappa shape index (κ3) is 3.70. The minimum absolute atomic E-state index is 0.145. The van der Waals surface area contributed by atoms with Crippen LogP contribution in [0.3, 0.4) is 0 Å². The summed E-state index contributed by atoms with van der Waals surface area (Å²) in [5, 5.41) is 9.95. The molecule has 2 heterocycles. The number of anilines is 2. The monoisotopic (exact) mass is 414 g/mol. The van der Waals surface area contributed by atoms with E-state index >= 15 is 0 Å². The van der Waals surface area contributed by atoms with E-state index in [1.165, 1.54) is 0 Å². The Hall–Kier alpha value is -2.93. The highest BCUT2D eigenvalue weighted by atomic mass is 35.5. The van der Waals surface area contributed by atoms with Gasteiger partial charge in [0.25, 0.3) is 5.91 Å². The van der Waals surface area contributed by atoms with Crippen molar-refractivity contribution < 1.29 is 14.3 Å². The van der Waals surface area contributed by atoms with E-state index in [0.717, 1.165) is 17.0 Å². The first-order valence-electron chi connectivity index (χ1n) is 9.50. The van der Waals surface area contributed by atoms with Crippen LogP contribution in [-0.2, 0) is 0 Å². The molecule has 2 aliphatic heterocycles. The average Bonchev–Trinajstić information content (AvgIpc) is 2.71. The standard InChI is InChI=1S/C21H23ClN4O3/c1-13-12-14(29-2)6-7-17(13)23-20(28)26-10-8-21(9-11-26)24-18-15(19(27)25-21)4-3-5-16(18)22/h3-7,12,24H,8-11H2,1-2H3,(H,23,28)(H,25,27). The number of aryl methyl sites for hydroxylation is 1. The second kappa shape index (κ2) is 7.48. The molecule has 0 unspecified atom stereocenters. The van der Waals surface area contributed by atoms with Crippen LogP contribution in [0.2, 0.25) is 5.02 Å². The van der Waals surface area contributed by atoms with Crippen molar-refractivity contribution in [1.82, 2.24) is 10.2 Å². The number of nitrogens with one attached hydrogen (secondary N) is 3.